The summed E-state index contributed by atoms with van der Waals surface area (Å²) in [5, 5.41) is 3.31. The Morgan fingerprint density at radius 2 is 2.12 bits per heavy atom. The van der Waals surface area contributed by atoms with Crippen LogP contribution in [0, 0.1) is 5.92 Å². The molecule has 1 unspecified atom stereocenters. The van der Waals surface area contributed by atoms with Gasteiger partial charge >= 0.3 is 0 Å². The zero-order valence-electron chi connectivity index (χ0n) is 10.9. The van der Waals surface area contributed by atoms with Crippen LogP contribution >= 0.6 is 15.9 Å². The van der Waals surface area contributed by atoms with Crippen LogP contribution in [0.3, 0.4) is 0 Å². The van der Waals surface area contributed by atoms with E-state index in [2.05, 4.69) is 54.2 Å². The maximum Gasteiger partial charge on any atom is 0.133 e. The first-order valence-corrected chi connectivity index (χ1v) is 7.08. The molecular weight excluding hydrogens is 278 g/mol. The summed E-state index contributed by atoms with van der Waals surface area (Å²) in [7, 11) is 0. The van der Waals surface area contributed by atoms with E-state index in [1.54, 1.807) is 0 Å². The van der Waals surface area contributed by atoms with E-state index in [0.717, 1.165) is 36.3 Å². The Morgan fingerprint density at radius 3 is 2.71 bits per heavy atom. The third-order valence-corrected chi connectivity index (χ3v) is 3.42. The van der Waals surface area contributed by atoms with Gasteiger partial charge in [-0.1, -0.05) is 33.3 Å². The smallest absolute Gasteiger partial charge is 0.133 e. The van der Waals surface area contributed by atoms with E-state index in [4.69, 9.17) is 4.74 Å². The number of halogens is 1. The minimum Gasteiger partial charge on any atom is -0.492 e. The van der Waals surface area contributed by atoms with Gasteiger partial charge < -0.3 is 10.1 Å². The molecule has 0 aliphatic carbocycles. The van der Waals surface area contributed by atoms with Crippen molar-refractivity contribution in [1.29, 1.82) is 0 Å². The molecule has 96 valence electrons. The highest BCUT2D eigenvalue weighted by atomic mass is 79.9. The van der Waals surface area contributed by atoms with Crippen LogP contribution in [0.25, 0.3) is 0 Å². The Morgan fingerprint density at radius 1 is 1.35 bits per heavy atom. The highest BCUT2D eigenvalue weighted by molar-refractivity contribution is 9.10. The van der Waals surface area contributed by atoms with Crippen LogP contribution in [0.2, 0.25) is 0 Å². The largest absolute Gasteiger partial charge is 0.492 e. The van der Waals surface area contributed by atoms with E-state index < -0.39 is 0 Å². The van der Waals surface area contributed by atoms with Crippen molar-refractivity contribution in [3.63, 3.8) is 0 Å². The molecule has 1 rings (SSSR count). The maximum atomic E-state index is 5.78. The molecule has 0 spiro atoms. The lowest BCUT2D eigenvalue weighted by Gasteiger charge is -2.13. The number of nitrogens with one attached hydrogen (secondary N) is 1. The second-order valence-electron chi connectivity index (χ2n) is 4.37. The Bertz CT molecular complexity index is 341. The van der Waals surface area contributed by atoms with Crippen LogP contribution in [-0.2, 0) is 6.54 Å². The Labute approximate surface area is 113 Å². The Hall–Kier alpha value is -0.540. The van der Waals surface area contributed by atoms with Crippen molar-refractivity contribution in [2.24, 2.45) is 5.92 Å². The molecule has 0 aliphatic heterocycles. The summed E-state index contributed by atoms with van der Waals surface area (Å²) < 4.78 is 6.82. The zero-order chi connectivity index (χ0) is 12.7. The van der Waals surface area contributed by atoms with Crippen LogP contribution in [0.4, 0.5) is 0 Å². The number of rotatable bonds is 7. The average Bonchev–Trinajstić information content (AvgIpc) is 2.34. The third kappa shape index (κ3) is 5.09. The van der Waals surface area contributed by atoms with E-state index in [1.807, 2.05) is 6.07 Å². The first-order valence-electron chi connectivity index (χ1n) is 6.29. The van der Waals surface area contributed by atoms with Crippen molar-refractivity contribution in [2.45, 2.75) is 33.7 Å². The van der Waals surface area contributed by atoms with Crippen molar-refractivity contribution in [3.8, 4) is 5.75 Å². The third-order valence-electron chi connectivity index (χ3n) is 2.80. The summed E-state index contributed by atoms with van der Waals surface area (Å²) in [6.45, 7) is 9.17. The highest BCUT2D eigenvalue weighted by Gasteiger charge is 2.05. The molecule has 0 fully saturated rings. The molecule has 0 bridgehead atoms. The van der Waals surface area contributed by atoms with Crippen molar-refractivity contribution in [2.75, 3.05) is 13.2 Å². The van der Waals surface area contributed by atoms with Gasteiger partial charge in [0.15, 0.2) is 0 Å². The van der Waals surface area contributed by atoms with Gasteiger partial charge in [0.25, 0.3) is 0 Å². The number of benzene rings is 1. The predicted octanol–water partition coefficient (Wildman–Crippen LogP) is 3.98. The fraction of sp³-hybridized carbons (Fsp3) is 0.571. The summed E-state index contributed by atoms with van der Waals surface area (Å²) in [4.78, 5) is 0. The van der Waals surface area contributed by atoms with Crippen molar-refractivity contribution >= 4 is 15.9 Å². The lowest BCUT2D eigenvalue weighted by atomic mass is 10.1. The molecule has 1 N–H and O–H groups in total. The number of hydrogen-bond donors (Lipinski definition) is 1. The van der Waals surface area contributed by atoms with Gasteiger partial charge in [-0.25, -0.2) is 0 Å². The summed E-state index contributed by atoms with van der Waals surface area (Å²) in [6.07, 6.45) is 1.15. The molecule has 0 amide bonds. The van der Waals surface area contributed by atoms with E-state index in [9.17, 15) is 0 Å². The molecule has 0 radical (unpaired) electrons. The topological polar surface area (TPSA) is 21.3 Å². The van der Waals surface area contributed by atoms with Gasteiger partial charge in [-0.2, -0.15) is 0 Å². The number of hydrogen-bond acceptors (Lipinski definition) is 2. The molecule has 0 aromatic heterocycles. The summed E-state index contributed by atoms with van der Waals surface area (Å²) in [6, 6.07) is 6.27. The SMILES string of the molecule is CCNCc1ccc(OCC(C)CC)c(Br)c1. The fourth-order valence-electron chi connectivity index (χ4n) is 1.39. The van der Waals surface area contributed by atoms with Crippen molar-refractivity contribution in [3.05, 3.63) is 28.2 Å². The average molecular weight is 300 g/mol. The summed E-state index contributed by atoms with van der Waals surface area (Å²) >= 11 is 3.56. The molecule has 1 aromatic rings. The molecule has 0 aliphatic rings. The van der Waals surface area contributed by atoms with E-state index in [0.29, 0.717) is 5.92 Å². The van der Waals surface area contributed by atoms with Gasteiger partial charge in [-0.05, 0) is 46.1 Å². The monoisotopic (exact) mass is 299 g/mol. The van der Waals surface area contributed by atoms with E-state index in [-0.39, 0.29) is 0 Å². The van der Waals surface area contributed by atoms with E-state index >= 15 is 0 Å². The fourth-order valence-corrected chi connectivity index (χ4v) is 1.93. The highest BCUT2D eigenvalue weighted by Crippen LogP contribution is 2.26. The van der Waals surface area contributed by atoms with Gasteiger partial charge in [-0.3, -0.25) is 0 Å². The number of ether oxygens (including phenoxy) is 1. The minimum atomic E-state index is 0.600. The first kappa shape index (κ1) is 14.5. The lowest BCUT2D eigenvalue weighted by molar-refractivity contribution is 0.255. The van der Waals surface area contributed by atoms with Gasteiger partial charge in [0, 0.05) is 6.54 Å². The molecule has 0 saturated carbocycles. The Kier molecular flexibility index (Phi) is 6.60. The molecule has 0 saturated heterocycles. The molecule has 1 atom stereocenters. The van der Waals surface area contributed by atoms with Gasteiger partial charge in [0.1, 0.15) is 5.75 Å². The second kappa shape index (κ2) is 7.72. The normalized spacial score (nSPS) is 12.5. The van der Waals surface area contributed by atoms with Gasteiger partial charge in [0.2, 0.25) is 0 Å². The minimum absolute atomic E-state index is 0.600. The molecule has 3 heteroatoms. The quantitative estimate of drug-likeness (QED) is 0.822. The van der Waals surface area contributed by atoms with Crippen LogP contribution in [0.15, 0.2) is 22.7 Å². The van der Waals surface area contributed by atoms with Crippen molar-refractivity contribution in [1.82, 2.24) is 5.32 Å². The Balaban J connectivity index is 2.56. The second-order valence-corrected chi connectivity index (χ2v) is 5.22. The van der Waals surface area contributed by atoms with Crippen LogP contribution in [-0.4, -0.2) is 13.2 Å². The van der Waals surface area contributed by atoms with E-state index in [1.165, 1.54) is 5.56 Å². The first-order chi connectivity index (χ1) is 8.17. The molecular formula is C14H22BrNO. The van der Waals surface area contributed by atoms with Gasteiger partial charge in [-0.15, -0.1) is 0 Å². The lowest BCUT2D eigenvalue weighted by Crippen LogP contribution is -2.12. The molecule has 0 heterocycles. The molecule has 1 aromatic carbocycles. The summed E-state index contributed by atoms with van der Waals surface area (Å²) in [5.74, 6) is 1.54. The maximum absolute atomic E-state index is 5.78. The van der Waals surface area contributed by atoms with Crippen molar-refractivity contribution < 1.29 is 4.74 Å². The van der Waals surface area contributed by atoms with Crippen LogP contribution < -0.4 is 10.1 Å². The van der Waals surface area contributed by atoms with Gasteiger partial charge in [0.05, 0.1) is 11.1 Å². The van der Waals surface area contributed by atoms with Crippen LogP contribution in [0.5, 0.6) is 5.75 Å². The summed E-state index contributed by atoms with van der Waals surface area (Å²) in [5.41, 5.74) is 1.27. The standard InChI is InChI=1S/C14H22BrNO/c1-4-11(3)10-17-14-7-6-12(8-13(14)15)9-16-5-2/h6-8,11,16H,4-5,9-10H2,1-3H3. The zero-order valence-corrected chi connectivity index (χ0v) is 12.5. The molecule has 2 nitrogen and oxygen atoms in total. The molecule has 17 heavy (non-hydrogen) atoms. The predicted molar refractivity (Wildman–Crippen MR) is 76.5 cm³/mol. The van der Waals surface area contributed by atoms with Crippen LogP contribution in [0.1, 0.15) is 32.8 Å².